The van der Waals surface area contributed by atoms with E-state index in [4.69, 9.17) is 4.98 Å². The minimum atomic E-state index is 0.183. The second-order valence-electron chi connectivity index (χ2n) is 8.29. The lowest BCUT2D eigenvalue weighted by Crippen LogP contribution is -2.37. The summed E-state index contributed by atoms with van der Waals surface area (Å²) in [6, 6.07) is 6.86. The van der Waals surface area contributed by atoms with Gasteiger partial charge >= 0.3 is 5.82 Å². The van der Waals surface area contributed by atoms with Crippen LogP contribution >= 0.6 is 0 Å². The average molecular weight is 354 g/mol. The molecule has 1 aromatic carbocycles. The Bertz CT molecular complexity index is 761. The summed E-state index contributed by atoms with van der Waals surface area (Å²) in [4.78, 5) is 5.13. The summed E-state index contributed by atoms with van der Waals surface area (Å²) >= 11 is 0. The van der Waals surface area contributed by atoms with Gasteiger partial charge in [-0.15, -0.1) is 0 Å². The van der Waals surface area contributed by atoms with Gasteiger partial charge < -0.3 is 0 Å². The molecule has 2 rings (SSSR count). The maximum Gasteiger partial charge on any atom is 0.330 e. The number of hydrogen-bond acceptors (Lipinski definition) is 1. The first-order valence-corrected chi connectivity index (χ1v) is 10.3. The molecule has 0 bridgehead atoms. The van der Waals surface area contributed by atoms with Crippen LogP contribution in [0.2, 0.25) is 0 Å². The molecule has 0 spiro atoms. The van der Waals surface area contributed by atoms with Crippen molar-refractivity contribution in [3.8, 4) is 11.4 Å². The number of aryl methyl sites for hydroxylation is 3. The van der Waals surface area contributed by atoms with E-state index in [9.17, 15) is 0 Å². The fourth-order valence-electron chi connectivity index (χ4n) is 4.23. The second-order valence-corrected chi connectivity index (χ2v) is 8.29. The Morgan fingerprint density at radius 2 is 1.81 bits per heavy atom. The molecule has 0 saturated carbocycles. The quantitative estimate of drug-likeness (QED) is 0.536. The molecule has 0 aliphatic rings. The highest BCUT2D eigenvalue weighted by Crippen LogP contribution is 2.40. The van der Waals surface area contributed by atoms with Crippen LogP contribution in [0.4, 0.5) is 0 Å². The predicted molar refractivity (Wildman–Crippen MR) is 112 cm³/mol. The van der Waals surface area contributed by atoms with Crippen molar-refractivity contribution < 1.29 is 4.57 Å². The molecule has 0 aliphatic heterocycles. The largest absolute Gasteiger partial charge is 0.330 e. The van der Waals surface area contributed by atoms with E-state index in [-0.39, 0.29) is 5.41 Å². The third kappa shape index (κ3) is 4.00. The summed E-state index contributed by atoms with van der Waals surface area (Å²) in [6.07, 6.45) is 5.76. The van der Waals surface area contributed by atoms with Crippen LogP contribution in [0.1, 0.15) is 89.1 Å². The molecule has 1 atom stereocenters. The van der Waals surface area contributed by atoms with Gasteiger partial charge in [-0.05, 0) is 66.8 Å². The van der Waals surface area contributed by atoms with Crippen LogP contribution in [-0.4, -0.2) is 4.98 Å². The molecule has 0 fully saturated rings. The van der Waals surface area contributed by atoms with Crippen molar-refractivity contribution in [3.63, 3.8) is 0 Å². The fraction of sp³-hybridized carbons (Fsp3) is 0.583. The summed E-state index contributed by atoms with van der Waals surface area (Å²) in [7, 11) is 0. The zero-order chi connectivity index (χ0) is 19.5. The van der Waals surface area contributed by atoms with Gasteiger partial charge in [0.1, 0.15) is 0 Å². The molecule has 0 N–H and O–H groups in total. The van der Waals surface area contributed by atoms with Gasteiger partial charge in [0.05, 0.1) is 18.3 Å². The van der Waals surface area contributed by atoms with Crippen molar-refractivity contribution in [1.29, 1.82) is 0 Å². The second kappa shape index (κ2) is 8.33. The van der Waals surface area contributed by atoms with E-state index in [1.165, 1.54) is 40.8 Å². The molecule has 2 heteroatoms. The molecular weight excluding hydrogens is 316 g/mol. The van der Waals surface area contributed by atoms with Crippen LogP contribution in [-0.2, 0) is 12.0 Å². The summed E-state index contributed by atoms with van der Waals surface area (Å²) in [5.74, 6) is 1.55. The number of benzene rings is 1. The van der Waals surface area contributed by atoms with E-state index >= 15 is 0 Å². The first kappa shape index (κ1) is 20.6. The van der Waals surface area contributed by atoms with Gasteiger partial charge in [0.2, 0.25) is 0 Å². The van der Waals surface area contributed by atoms with Crippen LogP contribution < -0.4 is 4.57 Å². The molecule has 1 aromatic heterocycles. The minimum Gasteiger partial charge on any atom is -0.231 e. The van der Waals surface area contributed by atoms with Crippen LogP contribution in [0, 0.1) is 13.8 Å². The molecule has 26 heavy (non-hydrogen) atoms. The van der Waals surface area contributed by atoms with Crippen molar-refractivity contribution in [2.75, 3.05) is 0 Å². The molecular formula is C24H37N2+. The lowest BCUT2D eigenvalue weighted by Gasteiger charge is -2.32. The van der Waals surface area contributed by atoms with Crippen LogP contribution in [0.25, 0.3) is 11.4 Å². The summed E-state index contributed by atoms with van der Waals surface area (Å²) < 4.78 is 2.30. The first-order valence-electron chi connectivity index (χ1n) is 10.3. The zero-order valence-electron chi connectivity index (χ0n) is 18.1. The number of aromatic nitrogens is 2. The van der Waals surface area contributed by atoms with Crippen molar-refractivity contribution in [2.24, 2.45) is 0 Å². The summed E-state index contributed by atoms with van der Waals surface area (Å²) in [6.45, 7) is 19.1. The van der Waals surface area contributed by atoms with Crippen LogP contribution in [0.5, 0.6) is 0 Å². The Morgan fingerprint density at radius 3 is 2.35 bits per heavy atom. The number of rotatable bonds is 7. The monoisotopic (exact) mass is 353 g/mol. The zero-order valence-corrected chi connectivity index (χ0v) is 18.1. The molecule has 1 heterocycles. The van der Waals surface area contributed by atoms with Crippen molar-refractivity contribution >= 4 is 0 Å². The predicted octanol–water partition coefficient (Wildman–Crippen LogP) is 6.26. The van der Waals surface area contributed by atoms with Crippen LogP contribution in [0.3, 0.4) is 0 Å². The summed E-state index contributed by atoms with van der Waals surface area (Å²) in [5, 5.41) is 0. The SMILES string of the molecule is CCCC(C)(CC)c1c(C)cc(C)cc1-c1nc(C(C)C)cc[n+]1CC. The van der Waals surface area contributed by atoms with Crippen molar-refractivity contribution in [2.45, 2.75) is 92.5 Å². The Labute approximate surface area is 160 Å². The van der Waals surface area contributed by atoms with Gasteiger partial charge in [-0.1, -0.05) is 47.1 Å². The molecule has 0 amide bonds. The normalized spacial score (nSPS) is 13.9. The molecule has 0 radical (unpaired) electrons. The van der Waals surface area contributed by atoms with Gasteiger partial charge in [0.15, 0.2) is 5.69 Å². The highest BCUT2D eigenvalue weighted by Gasteiger charge is 2.32. The highest BCUT2D eigenvalue weighted by atomic mass is 15.0. The summed E-state index contributed by atoms with van der Waals surface area (Å²) in [5.41, 5.74) is 6.88. The number of hydrogen-bond donors (Lipinski definition) is 0. The van der Waals surface area contributed by atoms with Gasteiger partial charge in [0.25, 0.3) is 0 Å². The van der Waals surface area contributed by atoms with Crippen molar-refractivity contribution in [3.05, 3.63) is 46.8 Å². The van der Waals surface area contributed by atoms with Gasteiger partial charge in [-0.3, -0.25) is 0 Å². The van der Waals surface area contributed by atoms with Gasteiger partial charge in [-0.25, -0.2) is 4.57 Å². The Balaban J connectivity index is 2.84. The van der Waals surface area contributed by atoms with Gasteiger partial charge in [0, 0.05) is 12.0 Å². The lowest BCUT2D eigenvalue weighted by atomic mass is 9.72. The van der Waals surface area contributed by atoms with E-state index in [1.54, 1.807) is 0 Å². The molecule has 0 saturated heterocycles. The van der Waals surface area contributed by atoms with Gasteiger partial charge in [-0.2, -0.15) is 0 Å². The molecule has 2 nitrogen and oxygen atoms in total. The minimum absolute atomic E-state index is 0.183. The lowest BCUT2D eigenvalue weighted by molar-refractivity contribution is -0.685. The smallest absolute Gasteiger partial charge is 0.231 e. The molecule has 1 unspecified atom stereocenters. The fourth-order valence-corrected chi connectivity index (χ4v) is 4.23. The standard InChI is InChI=1S/C24H37N2/c1-9-13-24(8,10-2)22-19(7)15-18(6)16-20(22)23-25-21(17(4)5)12-14-26(23)11-3/h12,14-17H,9-11,13H2,1-8H3/q+1. The maximum atomic E-state index is 5.13. The number of nitrogens with zero attached hydrogens (tertiary/aromatic N) is 2. The topological polar surface area (TPSA) is 16.8 Å². The van der Waals surface area contributed by atoms with E-state index in [0.29, 0.717) is 5.92 Å². The third-order valence-electron chi connectivity index (χ3n) is 5.77. The maximum absolute atomic E-state index is 5.13. The average Bonchev–Trinajstić information content (AvgIpc) is 2.60. The van der Waals surface area contributed by atoms with E-state index in [2.05, 4.69) is 84.4 Å². The van der Waals surface area contributed by atoms with Crippen molar-refractivity contribution in [1.82, 2.24) is 4.98 Å². The molecule has 2 aromatic rings. The Hall–Kier alpha value is -1.70. The van der Waals surface area contributed by atoms with E-state index in [1.807, 2.05) is 0 Å². The van der Waals surface area contributed by atoms with E-state index < -0.39 is 0 Å². The highest BCUT2D eigenvalue weighted by molar-refractivity contribution is 5.64. The molecule has 142 valence electrons. The third-order valence-corrected chi connectivity index (χ3v) is 5.77. The Morgan fingerprint density at radius 1 is 1.12 bits per heavy atom. The first-order chi connectivity index (χ1) is 12.3. The molecule has 0 aliphatic carbocycles. The Kier molecular flexibility index (Phi) is 6.60. The van der Waals surface area contributed by atoms with E-state index in [0.717, 1.165) is 18.8 Å². The van der Waals surface area contributed by atoms with Crippen LogP contribution in [0.15, 0.2) is 24.4 Å².